The largest absolute Gasteiger partial charge is 0.780 e. The van der Waals surface area contributed by atoms with Crippen molar-refractivity contribution in [3.63, 3.8) is 0 Å². The lowest BCUT2D eigenvalue weighted by Gasteiger charge is -2.29. The van der Waals surface area contributed by atoms with E-state index in [9.17, 15) is 24.1 Å². The predicted molar refractivity (Wildman–Crippen MR) is 249 cm³/mol. The Morgan fingerprint density at radius 3 is 2.05 bits per heavy atom. The lowest BCUT2D eigenvalue weighted by atomic mass is 9.95. The van der Waals surface area contributed by atoms with Crippen LogP contribution >= 0.6 is 6.72 Å². The maximum absolute atomic E-state index is 14.0. The second-order valence-electron chi connectivity index (χ2n) is 15.9. The zero-order valence-corrected chi connectivity index (χ0v) is 40.0. The summed E-state index contributed by atoms with van der Waals surface area (Å²) < 4.78 is 34.1. The van der Waals surface area contributed by atoms with Crippen molar-refractivity contribution in [2.45, 2.75) is 111 Å². The number of nitrogens with zero attached hydrogens (tertiary/aromatic N) is 4. The first-order valence-electron chi connectivity index (χ1n) is 22.8. The molecule has 0 aliphatic carbocycles. The molecule has 0 bridgehead atoms. The molecule has 1 aromatic heterocycles. The molecule has 1 unspecified atom stereocenters. The molecule has 17 nitrogen and oxygen atoms in total. The van der Waals surface area contributed by atoms with Crippen molar-refractivity contribution in [2.24, 2.45) is 0 Å². The Morgan fingerprint density at radius 1 is 0.708 bits per heavy atom. The molecule has 2 aromatic carbocycles. The zero-order chi connectivity index (χ0) is 46.7. The van der Waals surface area contributed by atoms with Crippen LogP contribution in [0.1, 0.15) is 97.0 Å². The van der Waals surface area contributed by atoms with Crippen LogP contribution in [0.2, 0.25) is 0 Å². The predicted octanol–water partition coefficient (Wildman–Crippen LogP) is 5.66. The maximum atomic E-state index is 14.0. The van der Waals surface area contributed by atoms with E-state index in [1.165, 1.54) is 6.92 Å². The third kappa shape index (κ3) is 20.6. The Labute approximate surface area is 388 Å². The molecule has 2 N–H and O–H groups in total. The second kappa shape index (κ2) is 30.3. The van der Waals surface area contributed by atoms with Gasteiger partial charge in [0.2, 0.25) is 17.7 Å². The summed E-state index contributed by atoms with van der Waals surface area (Å²) in [4.78, 5) is 64.0. The van der Waals surface area contributed by atoms with Crippen LogP contribution < -0.4 is 20.4 Å². The Kier molecular flexibility index (Phi) is 25.0. The average molecular weight is 944 g/mol. The van der Waals surface area contributed by atoms with Crippen LogP contribution in [-0.4, -0.2) is 117 Å². The third-order valence-electron chi connectivity index (χ3n) is 10.2. The summed E-state index contributed by atoms with van der Waals surface area (Å²) in [6, 6.07) is 15.6. The van der Waals surface area contributed by atoms with E-state index in [0.29, 0.717) is 91.9 Å². The lowest BCUT2D eigenvalue weighted by Crippen LogP contribution is -2.34. The zero-order valence-electron chi connectivity index (χ0n) is 38.3. The number of unbranched alkanes of at least 4 members (excludes halogenated alkanes) is 5. The van der Waals surface area contributed by atoms with Crippen molar-refractivity contribution >= 4 is 47.7 Å². The van der Waals surface area contributed by atoms with Gasteiger partial charge in [-0.2, -0.15) is 0 Å². The van der Waals surface area contributed by atoms with Crippen molar-refractivity contribution < 1.29 is 52.1 Å². The molecule has 2 heterocycles. The number of carbonyl (C=O) groups is 4. The highest BCUT2D eigenvalue weighted by Gasteiger charge is 2.29. The van der Waals surface area contributed by atoms with Gasteiger partial charge >= 0.3 is 0 Å². The number of Topliss-reactive ketones (excluding diaryl/α,β-unsaturated/α-hetero) is 1. The highest BCUT2D eigenvalue weighted by atomic mass is 32.5. The van der Waals surface area contributed by atoms with Gasteiger partial charge in [0.25, 0.3) is 0 Å². The first-order chi connectivity index (χ1) is 31.4. The second-order valence-corrected chi connectivity index (χ2v) is 18.6. The van der Waals surface area contributed by atoms with E-state index in [2.05, 4.69) is 20.9 Å². The summed E-state index contributed by atoms with van der Waals surface area (Å²) >= 11 is 4.88. The Hall–Kier alpha value is -3.97. The SMILES string of the molecule is CC(=O)CCOCCOCCOCCOCCNC(=O)CCC(=O)N1Cc2ccccc2-c2nnn(CCCCCC(=O)NCCCCCCOP([O-])(=S)OC(C)C)c2-c2ccccc21. The monoisotopic (exact) mass is 943 g/mol. The summed E-state index contributed by atoms with van der Waals surface area (Å²) in [7, 11) is 0. The molecule has 1 atom stereocenters. The number of nitrogens with one attached hydrogen (secondary N) is 2. The number of anilines is 1. The Morgan fingerprint density at radius 2 is 1.32 bits per heavy atom. The number of ketones is 1. The van der Waals surface area contributed by atoms with Gasteiger partial charge in [0, 0.05) is 56.4 Å². The smallest absolute Gasteiger partial charge is 0.227 e. The van der Waals surface area contributed by atoms with Crippen molar-refractivity contribution in [3.05, 3.63) is 54.1 Å². The number of amides is 3. The van der Waals surface area contributed by atoms with Crippen molar-refractivity contribution in [2.75, 3.05) is 77.5 Å². The average Bonchev–Trinajstić information content (AvgIpc) is 3.68. The number of aryl methyl sites for hydroxylation is 1. The van der Waals surface area contributed by atoms with Gasteiger partial charge in [-0.05, 0) is 58.1 Å². The maximum Gasteiger partial charge on any atom is 0.227 e. The standard InChI is InChI=1S/C46H69N6O11PS/c1-36(2)63-64(57,65)62-26-14-5-4-12-23-47-42(54)19-7-6-13-25-52-46-40-17-10-11-18-41(40)51(35-38-15-8-9-16-39(38)45(46)49-50-52)44(56)21-20-43(55)48-24-28-59-30-32-61-34-33-60-31-29-58-27-22-37(3)53/h8-11,15-18,36H,4-7,12-14,19-35H2,1-3H3,(H,47,54)(H,48,55)(H,57,65)/p-1. The first kappa shape index (κ1) is 53.6. The molecule has 3 aromatic rings. The number of benzene rings is 2. The fourth-order valence-electron chi connectivity index (χ4n) is 6.96. The van der Waals surface area contributed by atoms with E-state index in [1.54, 1.807) is 18.7 Å². The number of hydrogen-bond donors (Lipinski definition) is 2. The van der Waals surface area contributed by atoms with Gasteiger partial charge in [-0.1, -0.05) is 78.7 Å². The number of para-hydroxylation sites is 1. The number of rotatable bonds is 34. The molecule has 360 valence electrons. The van der Waals surface area contributed by atoms with Crippen LogP contribution in [0.4, 0.5) is 5.69 Å². The molecule has 1 aliphatic rings. The van der Waals surface area contributed by atoms with E-state index in [1.807, 2.05) is 53.2 Å². The lowest BCUT2D eigenvalue weighted by molar-refractivity contribution is -0.209. The van der Waals surface area contributed by atoms with Crippen molar-refractivity contribution in [1.29, 1.82) is 0 Å². The van der Waals surface area contributed by atoms with Crippen LogP contribution in [0.5, 0.6) is 0 Å². The fourth-order valence-corrected chi connectivity index (χ4v) is 8.63. The van der Waals surface area contributed by atoms with Crippen LogP contribution in [-0.2, 0) is 72.1 Å². The van der Waals surface area contributed by atoms with Gasteiger partial charge in [0.05, 0.1) is 83.5 Å². The van der Waals surface area contributed by atoms with Gasteiger partial charge in [-0.25, -0.2) is 4.68 Å². The third-order valence-corrected chi connectivity index (χ3v) is 11.9. The molecule has 4 rings (SSSR count). The highest BCUT2D eigenvalue weighted by Crippen LogP contribution is 2.42. The molecule has 0 spiro atoms. The first-order valence-corrected chi connectivity index (χ1v) is 25.4. The van der Waals surface area contributed by atoms with Crippen LogP contribution in [0.25, 0.3) is 22.5 Å². The van der Waals surface area contributed by atoms with Crippen molar-refractivity contribution in [3.8, 4) is 22.5 Å². The summed E-state index contributed by atoms with van der Waals surface area (Å²) in [6.45, 7) is 6.90. The fraction of sp³-hybridized carbons (Fsp3) is 0.609. The number of hydrogen-bond acceptors (Lipinski definition) is 14. The molecule has 19 heteroatoms. The minimum Gasteiger partial charge on any atom is -0.780 e. The molecule has 1 aliphatic heterocycles. The van der Waals surface area contributed by atoms with E-state index in [-0.39, 0.29) is 49.1 Å². The minimum absolute atomic E-state index is 0.0206. The molecule has 0 saturated carbocycles. The number of aromatic nitrogens is 3. The Bertz CT molecular complexity index is 1970. The molecule has 3 amide bonds. The van der Waals surface area contributed by atoms with Crippen molar-refractivity contribution in [1.82, 2.24) is 25.6 Å². The van der Waals surface area contributed by atoms with Gasteiger partial charge in [-0.3, -0.25) is 19.2 Å². The van der Waals surface area contributed by atoms with Crippen LogP contribution in [0.3, 0.4) is 0 Å². The minimum atomic E-state index is -3.42. The van der Waals surface area contributed by atoms with E-state index >= 15 is 0 Å². The molecular formula is C46H68N6O11PS-. The molecule has 0 fully saturated rings. The van der Waals surface area contributed by atoms with E-state index in [4.69, 9.17) is 39.8 Å². The summed E-state index contributed by atoms with van der Waals surface area (Å²) in [6.07, 6.45) is 6.32. The molecule has 0 radical (unpaired) electrons. The normalized spacial score (nSPS) is 13.0. The molecule has 65 heavy (non-hydrogen) atoms. The van der Waals surface area contributed by atoms with Gasteiger partial charge in [0.15, 0.2) is 0 Å². The summed E-state index contributed by atoms with van der Waals surface area (Å²) in [5.41, 5.74) is 4.92. The number of ether oxygens (including phenoxy) is 4. The molecular weight excluding hydrogens is 876 g/mol. The van der Waals surface area contributed by atoms with Gasteiger partial charge < -0.3 is 48.4 Å². The highest BCUT2D eigenvalue weighted by molar-refractivity contribution is 8.06. The number of fused-ring (bicyclic) bond motifs is 5. The van der Waals surface area contributed by atoms with Gasteiger partial charge in [0.1, 0.15) is 18.2 Å². The van der Waals surface area contributed by atoms with Crippen LogP contribution in [0, 0.1) is 0 Å². The van der Waals surface area contributed by atoms with Gasteiger partial charge in [-0.15, -0.1) is 5.10 Å². The van der Waals surface area contributed by atoms with Crippen LogP contribution in [0.15, 0.2) is 48.5 Å². The van der Waals surface area contributed by atoms with E-state index in [0.717, 1.165) is 78.7 Å². The number of carbonyl (C=O) groups excluding carboxylic acids is 4. The summed E-state index contributed by atoms with van der Waals surface area (Å²) in [5, 5.41) is 15.1. The summed E-state index contributed by atoms with van der Waals surface area (Å²) in [5.74, 6) is -0.291. The molecule has 0 saturated heterocycles. The Balaban J connectivity index is 1.17. The van der Waals surface area contributed by atoms with E-state index < -0.39 is 6.72 Å². The topological polar surface area (TPSA) is 205 Å². The quantitative estimate of drug-likeness (QED) is 0.0548.